The van der Waals surface area contributed by atoms with Crippen LogP contribution in [-0.2, 0) is 25.1 Å². The average molecular weight is 330 g/mol. The lowest BCUT2D eigenvalue weighted by Crippen LogP contribution is -2.41. The number of aromatic nitrogens is 1. The Hall–Kier alpha value is -1.41. The molecule has 1 aromatic rings. The summed E-state index contributed by atoms with van der Waals surface area (Å²) in [4.78, 5) is 12.1. The summed E-state index contributed by atoms with van der Waals surface area (Å²) >= 11 is 0. The Morgan fingerprint density at radius 1 is 1.45 bits per heavy atom. The first-order valence-electron chi connectivity index (χ1n) is 7.34. The van der Waals surface area contributed by atoms with Crippen molar-refractivity contribution in [2.45, 2.75) is 50.7 Å². The monoisotopic (exact) mass is 330 g/mol. The summed E-state index contributed by atoms with van der Waals surface area (Å²) in [6, 6.07) is 0. The summed E-state index contributed by atoms with van der Waals surface area (Å²) in [5, 5.41) is 5.27. The Morgan fingerprint density at radius 3 is 2.73 bits per heavy atom. The van der Waals surface area contributed by atoms with Crippen LogP contribution in [-0.4, -0.2) is 44.0 Å². The molecule has 0 unspecified atom stereocenters. The molecular formula is C14H22N2O5S. The minimum Gasteiger partial charge on any atom is -0.376 e. The molecule has 1 amide bonds. The smallest absolute Gasteiger partial charge is 0.238 e. The normalized spacial score (nSPS) is 20.0. The maximum atomic E-state index is 12.4. The van der Waals surface area contributed by atoms with Crippen molar-refractivity contribution >= 4 is 15.7 Å². The third kappa shape index (κ3) is 3.86. The number of ether oxygens (including phenoxy) is 1. The van der Waals surface area contributed by atoms with Crippen LogP contribution in [0.2, 0.25) is 0 Å². The third-order valence-electron chi connectivity index (χ3n) is 3.96. The summed E-state index contributed by atoms with van der Waals surface area (Å²) < 4.78 is 35.1. The van der Waals surface area contributed by atoms with E-state index in [1.807, 2.05) is 0 Å². The highest BCUT2D eigenvalue weighted by Gasteiger charge is 2.30. The molecule has 124 valence electrons. The highest BCUT2D eigenvalue weighted by Crippen LogP contribution is 2.18. The molecule has 0 aromatic carbocycles. The van der Waals surface area contributed by atoms with Gasteiger partial charge >= 0.3 is 0 Å². The van der Waals surface area contributed by atoms with Gasteiger partial charge in [0.2, 0.25) is 5.91 Å². The molecule has 1 aromatic heterocycles. The van der Waals surface area contributed by atoms with E-state index in [0.717, 1.165) is 12.8 Å². The Kier molecular flexibility index (Phi) is 5.23. The first-order valence-corrected chi connectivity index (χ1v) is 9.05. The molecule has 0 aliphatic carbocycles. The van der Waals surface area contributed by atoms with Gasteiger partial charge in [0.15, 0.2) is 9.84 Å². The molecule has 1 aliphatic rings. The second-order valence-electron chi connectivity index (χ2n) is 5.63. The second kappa shape index (κ2) is 6.78. The molecule has 1 saturated heterocycles. The number of carbonyl (C=O) groups excluding carboxylic acids is 1. The standard InChI is InChI=1S/C14H22N2O5S/c1-9-13(10(2)21-16-9)8-22(18,19)11(3)14(17)15-7-12-5-4-6-20-12/h11-12H,4-8H2,1-3H3,(H,15,17)/t11-,12+/m1/s1. The minimum atomic E-state index is -3.63. The van der Waals surface area contributed by atoms with Crippen molar-refractivity contribution in [3.8, 4) is 0 Å². The number of hydrogen-bond acceptors (Lipinski definition) is 6. The number of hydrogen-bond donors (Lipinski definition) is 1. The topological polar surface area (TPSA) is 98.5 Å². The van der Waals surface area contributed by atoms with Crippen LogP contribution in [0.15, 0.2) is 4.52 Å². The molecule has 0 saturated carbocycles. The first kappa shape index (κ1) is 17.0. The molecule has 2 heterocycles. The minimum absolute atomic E-state index is 0.0126. The van der Waals surface area contributed by atoms with Gasteiger partial charge in [-0.1, -0.05) is 5.16 Å². The van der Waals surface area contributed by atoms with Gasteiger partial charge in [-0.15, -0.1) is 0 Å². The van der Waals surface area contributed by atoms with Crippen molar-refractivity contribution in [3.05, 3.63) is 17.0 Å². The fourth-order valence-corrected chi connectivity index (χ4v) is 3.83. The van der Waals surface area contributed by atoms with Crippen LogP contribution in [0.25, 0.3) is 0 Å². The predicted octanol–water partition coefficient (Wildman–Crippen LogP) is 0.890. The van der Waals surface area contributed by atoms with Crippen LogP contribution in [0.4, 0.5) is 0 Å². The lowest BCUT2D eigenvalue weighted by molar-refractivity contribution is -0.120. The molecule has 1 fully saturated rings. The van der Waals surface area contributed by atoms with Gasteiger partial charge in [0, 0.05) is 18.7 Å². The predicted molar refractivity (Wildman–Crippen MR) is 80.0 cm³/mol. The van der Waals surface area contributed by atoms with Crippen LogP contribution < -0.4 is 5.32 Å². The SMILES string of the molecule is Cc1noc(C)c1CS(=O)(=O)[C@H](C)C(=O)NC[C@@H]1CCCO1. The number of nitrogens with zero attached hydrogens (tertiary/aromatic N) is 1. The molecule has 0 bridgehead atoms. The van der Waals surface area contributed by atoms with Gasteiger partial charge in [-0.2, -0.15) is 0 Å². The van der Waals surface area contributed by atoms with Crippen LogP contribution in [0.3, 0.4) is 0 Å². The molecule has 0 spiro atoms. The van der Waals surface area contributed by atoms with E-state index in [-0.39, 0.29) is 11.9 Å². The molecule has 22 heavy (non-hydrogen) atoms. The molecule has 0 radical (unpaired) electrons. The molecular weight excluding hydrogens is 308 g/mol. The molecule has 1 aliphatic heterocycles. The van der Waals surface area contributed by atoms with Crippen molar-refractivity contribution < 1.29 is 22.5 Å². The van der Waals surface area contributed by atoms with E-state index in [1.165, 1.54) is 6.92 Å². The van der Waals surface area contributed by atoms with Gasteiger partial charge < -0.3 is 14.6 Å². The van der Waals surface area contributed by atoms with E-state index in [9.17, 15) is 13.2 Å². The quantitative estimate of drug-likeness (QED) is 0.832. The van der Waals surface area contributed by atoms with Crippen molar-refractivity contribution in [1.82, 2.24) is 10.5 Å². The van der Waals surface area contributed by atoms with Gasteiger partial charge in [-0.25, -0.2) is 8.42 Å². The van der Waals surface area contributed by atoms with Gasteiger partial charge in [0.1, 0.15) is 11.0 Å². The zero-order valence-corrected chi connectivity index (χ0v) is 13.9. The molecule has 1 N–H and O–H groups in total. The van der Waals surface area contributed by atoms with Gasteiger partial charge in [-0.3, -0.25) is 4.79 Å². The summed E-state index contributed by atoms with van der Waals surface area (Å²) in [6.45, 7) is 5.79. The Labute approximate surface area is 130 Å². The maximum absolute atomic E-state index is 12.4. The first-order chi connectivity index (χ1) is 10.3. The lowest BCUT2D eigenvalue weighted by Gasteiger charge is -2.15. The number of sulfone groups is 1. The van der Waals surface area contributed by atoms with Crippen molar-refractivity contribution in [2.75, 3.05) is 13.2 Å². The highest BCUT2D eigenvalue weighted by atomic mass is 32.2. The number of amides is 1. The fourth-order valence-electron chi connectivity index (χ4n) is 2.36. The summed E-state index contributed by atoms with van der Waals surface area (Å²) in [5.74, 6) is -0.279. The van der Waals surface area contributed by atoms with Gasteiger partial charge in [0.05, 0.1) is 17.6 Å². The van der Waals surface area contributed by atoms with Crippen LogP contribution >= 0.6 is 0 Å². The van der Waals surface area contributed by atoms with E-state index in [2.05, 4.69) is 10.5 Å². The molecule has 8 heteroatoms. The Balaban J connectivity index is 1.97. The Bertz CT molecular complexity index is 612. The highest BCUT2D eigenvalue weighted by molar-refractivity contribution is 7.92. The Morgan fingerprint density at radius 2 is 2.18 bits per heavy atom. The molecule has 2 atom stereocenters. The number of rotatable bonds is 6. The average Bonchev–Trinajstić information content (AvgIpc) is 3.09. The van der Waals surface area contributed by atoms with E-state index in [0.29, 0.717) is 30.2 Å². The molecule has 7 nitrogen and oxygen atoms in total. The van der Waals surface area contributed by atoms with Gasteiger partial charge in [0.25, 0.3) is 0 Å². The van der Waals surface area contributed by atoms with E-state index in [4.69, 9.17) is 9.26 Å². The maximum Gasteiger partial charge on any atom is 0.238 e. The van der Waals surface area contributed by atoms with E-state index < -0.39 is 21.0 Å². The lowest BCUT2D eigenvalue weighted by atomic mass is 10.2. The van der Waals surface area contributed by atoms with Crippen molar-refractivity contribution in [3.63, 3.8) is 0 Å². The summed E-state index contributed by atoms with van der Waals surface area (Å²) in [7, 11) is -3.63. The van der Waals surface area contributed by atoms with Crippen LogP contribution in [0, 0.1) is 13.8 Å². The van der Waals surface area contributed by atoms with Crippen molar-refractivity contribution in [2.24, 2.45) is 0 Å². The zero-order chi connectivity index (χ0) is 16.3. The van der Waals surface area contributed by atoms with Crippen molar-refractivity contribution in [1.29, 1.82) is 0 Å². The van der Waals surface area contributed by atoms with Gasteiger partial charge in [-0.05, 0) is 33.6 Å². The number of nitrogens with one attached hydrogen (secondary N) is 1. The number of aryl methyl sites for hydroxylation is 2. The summed E-state index contributed by atoms with van der Waals surface area (Å²) in [6.07, 6.45) is 1.85. The van der Waals surface area contributed by atoms with Crippen LogP contribution in [0.1, 0.15) is 36.8 Å². The summed E-state index contributed by atoms with van der Waals surface area (Å²) in [5.41, 5.74) is 1.06. The fraction of sp³-hybridized carbons (Fsp3) is 0.714. The van der Waals surface area contributed by atoms with E-state index in [1.54, 1.807) is 13.8 Å². The zero-order valence-electron chi connectivity index (χ0n) is 13.1. The molecule has 2 rings (SSSR count). The third-order valence-corrected chi connectivity index (χ3v) is 5.95. The second-order valence-corrected chi connectivity index (χ2v) is 7.95. The number of carbonyl (C=O) groups is 1. The largest absolute Gasteiger partial charge is 0.376 e. The van der Waals surface area contributed by atoms with Crippen LogP contribution in [0.5, 0.6) is 0 Å². The van der Waals surface area contributed by atoms with E-state index >= 15 is 0 Å².